The summed E-state index contributed by atoms with van der Waals surface area (Å²) >= 11 is 4.97. The Labute approximate surface area is 171 Å². The van der Waals surface area contributed by atoms with Gasteiger partial charge in [0.1, 0.15) is 0 Å². The number of hydrogen-bond donors (Lipinski definition) is 1. The minimum absolute atomic E-state index is 0.0821. The summed E-state index contributed by atoms with van der Waals surface area (Å²) in [6.45, 7) is 1.38. The van der Waals surface area contributed by atoms with Gasteiger partial charge in [-0.15, -0.1) is 11.3 Å². The minimum Gasteiger partial charge on any atom is -0.377 e. The van der Waals surface area contributed by atoms with E-state index in [1.165, 1.54) is 12.1 Å². The van der Waals surface area contributed by atoms with Crippen LogP contribution in [-0.4, -0.2) is 45.5 Å². The standard InChI is InChI=1S/C18H21BrN2O4S2/c1-21(12-15-7-8-17(19)26-15)18(22)13-4-2-6-16(10-13)27(23,24)20-11-14-5-3-9-25-14/h2,4,6-8,10,14,20H,3,5,9,11-12H2,1H3. The van der Waals surface area contributed by atoms with E-state index >= 15 is 0 Å². The summed E-state index contributed by atoms with van der Waals surface area (Å²) in [6.07, 6.45) is 1.72. The van der Waals surface area contributed by atoms with Crippen LogP contribution < -0.4 is 4.72 Å². The van der Waals surface area contributed by atoms with E-state index in [4.69, 9.17) is 4.74 Å². The Kier molecular flexibility index (Phi) is 6.69. The molecule has 0 saturated carbocycles. The Morgan fingerprint density at radius 3 is 2.85 bits per heavy atom. The lowest BCUT2D eigenvalue weighted by Gasteiger charge is -2.17. The van der Waals surface area contributed by atoms with Gasteiger partial charge in [0.05, 0.1) is 21.3 Å². The van der Waals surface area contributed by atoms with Crippen molar-refractivity contribution in [3.05, 3.63) is 50.6 Å². The van der Waals surface area contributed by atoms with E-state index in [0.29, 0.717) is 18.7 Å². The molecule has 0 bridgehead atoms. The lowest BCUT2D eigenvalue weighted by atomic mass is 10.2. The van der Waals surface area contributed by atoms with E-state index in [1.807, 2.05) is 12.1 Å². The predicted octanol–water partition coefficient (Wildman–Crippen LogP) is 3.24. The molecule has 0 radical (unpaired) electrons. The molecule has 0 aliphatic carbocycles. The Morgan fingerprint density at radius 1 is 1.37 bits per heavy atom. The minimum atomic E-state index is -3.69. The fourth-order valence-electron chi connectivity index (χ4n) is 2.85. The number of thiophene rings is 1. The van der Waals surface area contributed by atoms with Crippen LogP contribution in [0.25, 0.3) is 0 Å². The number of amides is 1. The van der Waals surface area contributed by atoms with E-state index in [0.717, 1.165) is 21.5 Å². The number of hydrogen-bond acceptors (Lipinski definition) is 5. The summed E-state index contributed by atoms with van der Waals surface area (Å²) in [7, 11) is -1.99. The van der Waals surface area contributed by atoms with E-state index in [-0.39, 0.29) is 23.5 Å². The number of nitrogens with one attached hydrogen (secondary N) is 1. The first-order valence-corrected chi connectivity index (χ1v) is 11.7. The number of rotatable bonds is 7. The first-order chi connectivity index (χ1) is 12.8. The molecule has 3 rings (SSSR count). The number of halogens is 1. The van der Waals surface area contributed by atoms with Crippen molar-refractivity contribution in [2.75, 3.05) is 20.2 Å². The van der Waals surface area contributed by atoms with Crippen molar-refractivity contribution < 1.29 is 17.9 Å². The molecule has 1 aromatic carbocycles. The van der Waals surface area contributed by atoms with Crippen LogP contribution in [-0.2, 0) is 21.3 Å². The van der Waals surface area contributed by atoms with Gasteiger partial charge in [0.25, 0.3) is 5.91 Å². The van der Waals surface area contributed by atoms with Crippen LogP contribution in [0.3, 0.4) is 0 Å². The molecule has 6 nitrogen and oxygen atoms in total. The van der Waals surface area contributed by atoms with Crippen LogP contribution in [0.2, 0.25) is 0 Å². The zero-order valence-electron chi connectivity index (χ0n) is 14.9. The highest BCUT2D eigenvalue weighted by molar-refractivity contribution is 9.11. The molecule has 1 aromatic heterocycles. The van der Waals surface area contributed by atoms with Gasteiger partial charge in [-0.2, -0.15) is 0 Å². The molecule has 1 amide bonds. The highest BCUT2D eigenvalue weighted by Crippen LogP contribution is 2.23. The molecular formula is C18H21BrN2O4S2. The summed E-state index contributed by atoms with van der Waals surface area (Å²) in [5, 5.41) is 0. The molecule has 1 unspecified atom stereocenters. The number of benzene rings is 1. The number of carbonyl (C=O) groups is 1. The lowest BCUT2D eigenvalue weighted by Crippen LogP contribution is -2.32. The molecule has 9 heteroatoms. The highest BCUT2D eigenvalue weighted by Gasteiger charge is 2.22. The molecule has 27 heavy (non-hydrogen) atoms. The fraction of sp³-hybridized carbons (Fsp3) is 0.389. The maximum Gasteiger partial charge on any atom is 0.253 e. The van der Waals surface area contributed by atoms with Crippen molar-refractivity contribution >= 4 is 43.2 Å². The number of ether oxygens (including phenoxy) is 1. The van der Waals surface area contributed by atoms with Gasteiger partial charge in [0.15, 0.2) is 0 Å². The molecule has 146 valence electrons. The van der Waals surface area contributed by atoms with Crippen LogP contribution in [0.4, 0.5) is 0 Å². The molecule has 2 aromatic rings. The van der Waals surface area contributed by atoms with E-state index < -0.39 is 10.0 Å². The molecule has 1 fully saturated rings. The zero-order chi connectivity index (χ0) is 19.4. The first-order valence-electron chi connectivity index (χ1n) is 8.56. The average Bonchev–Trinajstić information content (AvgIpc) is 3.31. The fourth-order valence-corrected chi connectivity index (χ4v) is 5.50. The quantitative estimate of drug-likeness (QED) is 0.670. The number of nitrogens with zero attached hydrogens (tertiary/aromatic N) is 1. The van der Waals surface area contributed by atoms with E-state index in [2.05, 4.69) is 20.7 Å². The van der Waals surface area contributed by atoms with Gasteiger partial charge < -0.3 is 9.64 Å². The molecule has 1 aliphatic rings. The Balaban J connectivity index is 1.68. The van der Waals surface area contributed by atoms with Crippen molar-refractivity contribution in [2.45, 2.75) is 30.4 Å². The van der Waals surface area contributed by atoms with Crippen molar-refractivity contribution in [3.63, 3.8) is 0 Å². The van der Waals surface area contributed by atoms with Gasteiger partial charge in [0.2, 0.25) is 10.0 Å². The zero-order valence-corrected chi connectivity index (χ0v) is 18.1. The smallest absolute Gasteiger partial charge is 0.253 e. The summed E-state index contributed by atoms with van der Waals surface area (Å²) in [5.41, 5.74) is 0.341. The van der Waals surface area contributed by atoms with Crippen LogP contribution >= 0.6 is 27.3 Å². The van der Waals surface area contributed by atoms with Crippen molar-refractivity contribution in [2.24, 2.45) is 0 Å². The molecule has 1 N–H and O–H groups in total. The summed E-state index contributed by atoms with van der Waals surface area (Å²) in [6, 6.07) is 10.0. The second kappa shape index (κ2) is 8.83. The maximum atomic E-state index is 12.7. The van der Waals surface area contributed by atoms with Gasteiger partial charge in [-0.05, 0) is 59.1 Å². The monoisotopic (exact) mass is 472 g/mol. The summed E-state index contributed by atoms with van der Waals surface area (Å²) in [5.74, 6) is -0.226. The Bertz CT molecular complexity index is 908. The third-order valence-corrected chi connectivity index (χ3v) is 7.31. The second-order valence-corrected chi connectivity index (χ2v) is 10.7. The van der Waals surface area contributed by atoms with Gasteiger partial charge >= 0.3 is 0 Å². The van der Waals surface area contributed by atoms with Crippen molar-refractivity contribution in [3.8, 4) is 0 Å². The molecule has 1 atom stereocenters. The molecular weight excluding hydrogens is 452 g/mol. The Morgan fingerprint density at radius 2 is 2.19 bits per heavy atom. The summed E-state index contributed by atoms with van der Waals surface area (Å²) in [4.78, 5) is 15.4. The van der Waals surface area contributed by atoms with Gasteiger partial charge in [-0.1, -0.05) is 6.07 Å². The van der Waals surface area contributed by atoms with Crippen molar-refractivity contribution in [1.82, 2.24) is 9.62 Å². The summed E-state index contributed by atoms with van der Waals surface area (Å²) < 4.78 is 34.1. The van der Waals surface area contributed by atoms with Crippen LogP contribution in [0.15, 0.2) is 45.1 Å². The predicted molar refractivity (Wildman–Crippen MR) is 108 cm³/mol. The average molecular weight is 473 g/mol. The lowest BCUT2D eigenvalue weighted by molar-refractivity contribution is 0.0786. The Hall–Kier alpha value is -1.26. The number of sulfonamides is 1. The normalized spacial score (nSPS) is 17.2. The topological polar surface area (TPSA) is 75.7 Å². The van der Waals surface area contributed by atoms with E-state index in [1.54, 1.807) is 35.4 Å². The van der Waals surface area contributed by atoms with Gasteiger partial charge in [-0.3, -0.25) is 4.79 Å². The SMILES string of the molecule is CN(Cc1ccc(Br)s1)C(=O)c1cccc(S(=O)(=O)NCC2CCCO2)c1. The van der Waals surface area contributed by atoms with Crippen LogP contribution in [0.1, 0.15) is 28.1 Å². The molecule has 2 heterocycles. The second-order valence-electron chi connectivity index (χ2n) is 6.38. The van der Waals surface area contributed by atoms with E-state index in [9.17, 15) is 13.2 Å². The molecule has 1 aliphatic heterocycles. The third kappa shape index (κ3) is 5.39. The largest absolute Gasteiger partial charge is 0.377 e. The highest BCUT2D eigenvalue weighted by atomic mass is 79.9. The van der Waals surface area contributed by atoms with Gasteiger partial charge in [-0.25, -0.2) is 13.1 Å². The van der Waals surface area contributed by atoms with Gasteiger partial charge in [0, 0.05) is 30.6 Å². The molecule has 0 spiro atoms. The van der Waals surface area contributed by atoms with Crippen molar-refractivity contribution in [1.29, 1.82) is 0 Å². The number of carbonyl (C=O) groups excluding carboxylic acids is 1. The van der Waals surface area contributed by atoms with Crippen LogP contribution in [0, 0.1) is 0 Å². The maximum absolute atomic E-state index is 12.7. The first kappa shape index (κ1) is 20.5. The van der Waals surface area contributed by atoms with Crippen LogP contribution in [0.5, 0.6) is 0 Å². The third-order valence-electron chi connectivity index (χ3n) is 4.28. The molecule has 1 saturated heterocycles.